The summed E-state index contributed by atoms with van der Waals surface area (Å²) in [4.78, 5) is 17.0. The molecule has 1 unspecified atom stereocenters. The number of carbonyl (C=O) groups is 1. The molecule has 0 saturated carbocycles. The van der Waals surface area contributed by atoms with Gasteiger partial charge in [-0.25, -0.2) is 4.98 Å². The van der Waals surface area contributed by atoms with Crippen LogP contribution in [0.4, 0.5) is 5.69 Å². The Kier molecular flexibility index (Phi) is 6.53. The van der Waals surface area contributed by atoms with Crippen LogP contribution < -0.4 is 10.1 Å². The lowest BCUT2D eigenvalue weighted by Gasteiger charge is -2.14. The van der Waals surface area contributed by atoms with Crippen LogP contribution in [0.1, 0.15) is 23.7 Å². The molecule has 3 rings (SSSR count). The quantitative estimate of drug-likeness (QED) is 0.552. The molecule has 0 bridgehead atoms. The maximum atomic E-state index is 12.6. The normalized spacial score (nSPS) is 11.4. The van der Waals surface area contributed by atoms with Crippen LogP contribution in [0.5, 0.6) is 11.5 Å². The topological polar surface area (TPSA) is 75.0 Å². The lowest BCUT2D eigenvalue weighted by atomic mass is 10.1. The number of nitrogens with zero attached hydrogens (tertiary/aromatic N) is 2. The number of pyridine rings is 1. The van der Waals surface area contributed by atoms with Crippen molar-refractivity contribution in [3.8, 4) is 17.6 Å². The van der Waals surface area contributed by atoms with Gasteiger partial charge in [0.2, 0.25) is 5.91 Å². The first kappa shape index (κ1) is 20.4. The number of anilines is 1. The zero-order valence-electron chi connectivity index (χ0n) is 16.5. The molecule has 1 N–H and O–H groups in total. The third kappa shape index (κ3) is 5.37. The molecule has 0 spiro atoms. The van der Waals surface area contributed by atoms with Gasteiger partial charge >= 0.3 is 0 Å². The van der Waals surface area contributed by atoms with Crippen molar-refractivity contribution in [3.05, 3.63) is 77.5 Å². The van der Waals surface area contributed by atoms with E-state index in [0.717, 1.165) is 17.0 Å². The van der Waals surface area contributed by atoms with Crippen molar-refractivity contribution in [3.63, 3.8) is 0 Å². The minimum atomic E-state index is -0.406. The summed E-state index contributed by atoms with van der Waals surface area (Å²) in [6, 6.07) is 20.8. The molecule has 0 saturated heterocycles. The van der Waals surface area contributed by atoms with Gasteiger partial charge in [-0.05, 0) is 68.8 Å². The number of rotatable bonds is 6. The second-order valence-electron chi connectivity index (χ2n) is 6.56. The van der Waals surface area contributed by atoms with Crippen LogP contribution in [0, 0.1) is 25.2 Å². The average molecular weight is 404 g/mol. The Bertz CT molecular complexity index is 1040. The van der Waals surface area contributed by atoms with E-state index in [9.17, 15) is 10.1 Å². The van der Waals surface area contributed by atoms with Crippen molar-refractivity contribution in [2.24, 2.45) is 0 Å². The number of hydrogen-bond donors (Lipinski definition) is 1. The van der Waals surface area contributed by atoms with Crippen LogP contribution in [0.15, 0.2) is 65.7 Å². The minimum absolute atomic E-state index is 0.156. The van der Waals surface area contributed by atoms with E-state index in [1.807, 2.05) is 50.2 Å². The second-order valence-corrected chi connectivity index (χ2v) is 7.89. The average Bonchev–Trinajstić information content (AvgIpc) is 2.70. The summed E-state index contributed by atoms with van der Waals surface area (Å²) in [6.07, 6.45) is 0. The molecule has 146 valence electrons. The number of amides is 1. The SMILES string of the molecule is Cc1cc(C)c(C#N)c(SC(C)C(=O)Nc2ccc(Oc3ccccc3)cc2)n1. The fraction of sp³-hybridized carbons (Fsp3) is 0.174. The molecular formula is C23H21N3O2S. The van der Waals surface area contributed by atoms with E-state index in [-0.39, 0.29) is 5.91 Å². The van der Waals surface area contributed by atoms with E-state index in [1.54, 1.807) is 31.2 Å². The summed E-state index contributed by atoms with van der Waals surface area (Å²) < 4.78 is 5.76. The Morgan fingerprint density at radius 3 is 2.41 bits per heavy atom. The number of benzene rings is 2. The first-order valence-corrected chi connectivity index (χ1v) is 10.0. The summed E-state index contributed by atoms with van der Waals surface area (Å²) in [5, 5.41) is 12.5. The number of hydrogen-bond acceptors (Lipinski definition) is 5. The van der Waals surface area contributed by atoms with E-state index in [2.05, 4.69) is 16.4 Å². The smallest absolute Gasteiger partial charge is 0.237 e. The van der Waals surface area contributed by atoms with Gasteiger partial charge in [0, 0.05) is 11.4 Å². The van der Waals surface area contributed by atoms with Gasteiger partial charge in [0.05, 0.1) is 10.8 Å². The Morgan fingerprint density at radius 1 is 1.10 bits per heavy atom. The van der Waals surface area contributed by atoms with Gasteiger partial charge < -0.3 is 10.1 Å². The highest BCUT2D eigenvalue weighted by molar-refractivity contribution is 8.00. The highest BCUT2D eigenvalue weighted by atomic mass is 32.2. The van der Waals surface area contributed by atoms with Crippen LogP contribution in [-0.4, -0.2) is 16.1 Å². The largest absolute Gasteiger partial charge is 0.457 e. The number of nitriles is 1. The summed E-state index contributed by atoms with van der Waals surface area (Å²) in [6.45, 7) is 5.55. The van der Waals surface area contributed by atoms with Gasteiger partial charge in [-0.1, -0.05) is 30.0 Å². The predicted molar refractivity (Wildman–Crippen MR) is 115 cm³/mol. The van der Waals surface area contributed by atoms with E-state index in [1.165, 1.54) is 11.8 Å². The molecule has 1 aromatic heterocycles. The van der Waals surface area contributed by atoms with Crippen LogP contribution in [0.3, 0.4) is 0 Å². The standard InChI is InChI=1S/C23H21N3O2S/c1-15-13-16(2)25-23(21(15)14-24)29-17(3)22(27)26-18-9-11-20(12-10-18)28-19-7-5-4-6-8-19/h4-13,17H,1-3H3,(H,26,27). The molecular weight excluding hydrogens is 382 g/mol. The van der Waals surface area contributed by atoms with Gasteiger partial charge in [-0.2, -0.15) is 5.26 Å². The van der Waals surface area contributed by atoms with Gasteiger partial charge in [0.1, 0.15) is 22.6 Å². The maximum Gasteiger partial charge on any atom is 0.237 e. The lowest BCUT2D eigenvalue weighted by Crippen LogP contribution is -2.22. The molecule has 0 aliphatic rings. The molecule has 0 aliphatic carbocycles. The van der Waals surface area contributed by atoms with Gasteiger partial charge in [0.25, 0.3) is 0 Å². The van der Waals surface area contributed by atoms with Gasteiger partial charge in [0.15, 0.2) is 0 Å². The second kappa shape index (κ2) is 9.26. The number of ether oxygens (including phenoxy) is 1. The first-order chi connectivity index (χ1) is 14.0. The number of aryl methyl sites for hydroxylation is 2. The summed E-state index contributed by atoms with van der Waals surface area (Å²) in [5.74, 6) is 1.29. The molecule has 5 nitrogen and oxygen atoms in total. The monoisotopic (exact) mass is 403 g/mol. The van der Waals surface area contributed by atoms with Crippen LogP contribution in [0.2, 0.25) is 0 Å². The first-order valence-electron chi connectivity index (χ1n) is 9.15. The fourth-order valence-electron chi connectivity index (χ4n) is 2.72. The van der Waals surface area contributed by atoms with Crippen molar-refractivity contribution < 1.29 is 9.53 Å². The summed E-state index contributed by atoms with van der Waals surface area (Å²) >= 11 is 1.29. The van der Waals surface area contributed by atoms with E-state index < -0.39 is 5.25 Å². The number of thioether (sulfide) groups is 1. The number of aromatic nitrogens is 1. The zero-order chi connectivity index (χ0) is 20.8. The number of nitrogens with one attached hydrogen (secondary N) is 1. The van der Waals surface area contributed by atoms with E-state index in [4.69, 9.17) is 4.74 Å². The van der Waals surface area contributed by atoms with Gasteiger partial charge in [-0.15, -0.1) is 0 Å². The lowest BCUT2D eigenvalue weighted by molar-refractivity contribution is -0.115. The molecule has 29 heavy (non-hydrogen) atoms. The van der Waals surface area contributed by atoms with Crippen LogP contribution in [-0.2, 0) is 4.79 Å². The Morgan fingerprint density at radius 2 is 1.76 bits per heavy atom. The molecule has 2 aromatic carbocycles. The summed E-state index contributed by atoms with van der Waals surface area (Å²) in [7, 11) is 0. The van der Waals surface area contributed by atoms with Crippen molar-refractivity contribution in [2.75, 3.05) is 5.32 Å². The molecule has 0 fully saturated rings. The van der Waals surface area contributed by atoms with Crippen LogP contribution in [0.25, 0.3) is 0 Å². The van der Waals surface area contributed by atoms with Crippen LogP contribution >= 0.6 is 11.8 Å². The molecule has 0 aliphatic heterocycles. The number of carbonyl (C=O) groups excluding carboxylic acids is 1. The highest BCUT2D eigenvalue weighted by Crippen LogP contribution is 2.28. The van der Waals surface area contributed by atoms with Crippen molar-refractivity contribution in [1.82, 2.24) is 4.98 Å². The summed E-state index contributed by atoms with van der Waals surface area (Å²) in [5.41, 5.74) is 2.88. The Balaban J connectivity index is 1.64. The minimum Gasteiger partial charge on any atom is -0.457 e. The van der Waals surface area contributed by atoms with E-state index in [0.29, 0.717) is 22.0 Å². The van der Waals surface area contributed by atoms with E-state index >= 15 is 0 Å². The van der Waals surface area contributed by atoms with Crippen molar-refractivity contribution in [2.45, 2.75) is 31.0 Å². The third-order valence-corrected chi connectivity index (χ3v) is 5.27. The molecule has 1 atom stereocenters. The predicted octanol–water partition coefficient (Wildman–Crippen LogP) is 5.48. The highest BCUT2D eigenvalue weighted by Gasteiger charge is 2.19. The molecule has 1 heterocycles. The number of para-hydroxylation sites is 1. The Hall–Kier alpha value is -3.30. The third-order valence-electron chi connectivity index (χ3n) is 4.18. The molecule has 6 heteroatoms. The molecule has 0 radical (unpaired) electrons. The van der Waals surface area contributed by atoms with Gasteiger partial charge in [-0.3, -0.25) is 4.79 Å². The Labute approximate surface area is 174 Å². The zero-order valence-corrected chi connectivity index (χ0v) is 17.3. The molecule has 3 aromatic rings. The van der Waals surface area contributed by atoms with Crippen molar-refractivity contribution in [1.29, 1.82) is 5.26 Å². The fourth-order valence-corrected chi connectivity index (χ4v) is 3.74. The maximum absolute atomic E-state index is 12.6. The van der Waals surface area contributed by atoms with Crippen molar-refractivity contribution >= 4 is 23.4 Å². The molecule has 1 amide bonds.